The lowest BCUT2D eigenvalue weighted by Gasteiger charge is -1.93. The van der Waals surface area contributed by atoms with Crippen molar-refractivity contribution in [2.24, 2.45) is 0 Å². The molecule has 0 rings (SSSR count). The maximum Gasteiger partial charge on any atom is 0.0670 e. The normalized spacial score (nSPS) is 12.1. The molecule has 0 aromatic heterocycles. The third-order valence-corrected chi connectivity index (χ3v) is 0.720. The second kappa shape index (κ2) is 3.88. The van der Waals surface area contributed by atoms with Crippen molar-refractivity contribution in [3.8, 4) is 0 Å². The van der Waals surface area contributed by atoms with Gasteiger partial charge in [0.05, 0.1) is 6.61 Å². The van der Waals surface area contributed by atoms with Crippen molar-refractivity contribution in [2.75, 3.05) is 13.7 Å². The molecule has 1 radical (unpaired) electrons. The van der Waals surface area contributed by atoms with E-state index in [1.807, 2.05) is 6.92 Å². The highest BCUT2D eigenvalue weighted by atomic mass is 16.5. The fraction of sp³-hybridized carbons (Fsp3) is 0.500. The van der Waals surface area contributed by atoms with Gasteiger partial charge in [-0.2, -0.15) is 0 Å². The molecule has 41 valence electrons. The monoisotopic (exact) mass is 99.1 g/mol. The van der Waals surface area contributed by atoms with E-state index in [1.165, 1.54) is 5.57 Å². The Labute approximate surface area is 45.0 Å². The number of methoxy groups -OCH3 is 1. The summed E-state index contributed by atoms with van der Waals surface area (Å²) in [5.41, 5.74) is 1.17. The summed E-state index contributed by atoms with van der Waals surface area (Å²) in [6.45, 7) is 6.24. The molecule has 0 aromatic rings. The first-order chi connectivity index (χ1) is 3.31. The average Bonchev–Trinajstić information content (AvgIpc) is 1.68. The Kier molecular flexibility index (Phi) is 3.71. The molecule has 0 unspecified atom stereocenters. The largest absolute Gasteiger partial charge is 0.380 e. The van der Waals surface area contributed by atoms with E-state index in [2.05, 4.69) is 6.92 Å². The summed E-state index contributed by atoms with van der Waals surface area (Å²) in [6.07, 6.45) is 1.80. The highest BCUT2D eigenvalue weighted by Crippen LogP contribution is 1.88. The minimum Gasteiger partial charge on any atom is -0.380 e. The van der Waals surface area contributed by atoms with Crippen molar-refractivity contribution in [1.82, 2.24) is 0 Å². The summed E-state index contributed by atoms with van der Waals surface area (Å²) >= 11 is 0. The molecule has 0 heterocycles. The number of hydrogen-bond acceptors (Lipinski definition) is 1. The topological polar surface area (TPSA) is 9.23 Å². The Morgan fingerprint density at radius 1 is 1.86 bits per heavy atom. The molecule has 0 aliphatic carbocycles. The number of allylic oxidation sites excluding steroid dienone is 1. The van der Waals surface area contributed by atoms with Crippen molar-refractivity contribution < 1.29 is 4.74 Å². The average molecular weight is 99.2 g/mol. The predicted molar refractivity (Wildman–Crippen MR) is 31.0 cm³/mol. The van der Waals surface area contributed by atoms with Gasteiger partial charge < -0.3 is 4.74 Å². The van der Waals surface area contributed by atoms with Crippen molar-refractivity contribution in [2.45, 2.75) is 6.92 Å². The van der Waals surface area contributed by atoms with E-state index in [1.54, 1.807) is 13.2 Å². The Balaban J connectivity index is 3.17. The SMILES string of the molecule is [CH2]/C=C(\C)COC. The second-order valence-corrected chi connectivity index (χ2v) is 1.48. The standard InChI is InChI=1S/C6H11O/c1-4-6(2)5-7-3/h4H,1,5H2,2-3H3/b6-4+. The molecule has 1 heteroatoms. The zero-order valence-corrected chi connectivity index (χ0v) is 4.90. The maximum atomic E-state index is 4.79. The first kappa shape index (κ1) is 6.70. The molecular formula is C6H11O. The molecule has 7 heavy (non-hydrogen) atoms. The van der Waals surface area contributed by atoms with Gasteiger partial charge in [-0.1, -0.05) is 11.6 Å². The van der Waals surface area contributed by atoms with Gasteiger partial charge in [-0.3, -0.25) is 0 Å². The van der Waals surface area contributed by atoms with Gasteiger partial charge in [-0.15, -0.1) is 0 Å². The van der Waals surface area contributed by atoms with Crippen LogP contribution in [0.2, 0.25) is 0 Å². The van der Waals surface area contributed by atoms with Crippen LogP contribution >= 0.6 is 0 Å². The van der Waals surface area contributed by atoms with Crippen LogP contribution in [0, 0.1) is 6.92 Å². The Morgan fingerprint density at radius 2 is 2.43 bits per heavy atom. The molecule has 0 aliphatic heterocycles. The lowest BCUT2D eigenvalue weighted by Crippen LogP contribution is -1.87. The van der Waals surface area contributed by atoms with E-state index in [0.717, 1.165) is 0 Å². The van der Waals surface area contributed by atoms with Crippen LogP contribution in [0.1, 0.15) is 6.92 Å². The maximum absolute atomic E-state index is 4.79. The second-order valence-electron chi connectivity index (χ2n) is 1.48. The molecule has 0 aliphatic rings. The van der Waals surface area contributed by atoms with Gasteiger partial charge in [0.15, 0.2) is 0 Å². The van der Waals surface area contributed by atoms with Crippen molar-refractivity contribution in [1.29, 1.82) is 0 Å². The van der Waals surface area contributed by atoms with E-state index >= 15 is 0 Å². The lowest BCUT2D eigenvalue weighted by atomic mass is 10.3. The minimum absolute atomic E-state index is 0.698. The Bertz CT molecular complexity index is 64.6. The van der Waals surface area contributed by atoms with Gasteiger partial charge in [0.1, 0.15) is 0 Å². The van der Waals surface area contributed by atoms with E-state index in [9.17, 15) is 0 Å². The summed E-state index contributed by atoms with van der Waals surface area (Å²) < 4.78 is 4.79. The van der Waals surface area contributed by atoms with E-state index < -0.39 is 0 Å². The molecular weight excluding hydrogens is 88.1 g/mol. The van der Waals surface area contributed by atoms with Crippen LogP contribution < -0.4 is 0 Å². The molecule has 1 nitrogen and oxygen atoms in total. The fourth-order valence-electron chi connectivity index (χ4n) is 0.287. The summed E-state index contributed by atoms with van der Waals surface area (Å²) in [5.74, 6) is 0. The quantitative estimate of drug-likeness (QED) is 0.508. The van der Waals surface area contributed by atoms with Gasteiger partial charge in [-0.05, 0) is 13.8 Å². The predicted octanol–water partition coefficient (Wildman–Crippen LogP) is 1.41. The zero-order chi connectivity index (χ0) is 5.70. The molecule has 0 amide bonds. The van der Waals surface area contributed by atoms with Crippen LogP contribution in [-0.2, 0) is 4.74 Å². The summed E-state index contributed by atoms with van der Waals surface area (Å²) in [4.78, 5) is 0. The molecule has 0 N–H and O–H groups in total. The third kappa shape index (κ3) is 3.53. The summed E-state index contributed by atoms with van der Waals surface area (Å²) in [5, 5.41) is 0. The lowest BCUT2D eigenvalue weighted by molar-refractivity contribution is 0.226. The molecule has 0 saturated heterocycles. The number of rotatable bonds is 2. The molecule has 0 aromatic carbocycles. The van der Waals surface area contributed by atoms with Gasteiger partial charge >= 0.3 is 0 Å². The Morgan fingerprint density at radius 3 is 2.57 bits per heavy atom. The summed E-state index contributed by atoms with van der Waals surface area (Å²) in [6, 6.07) is 0. The van der Waals surface area contributed by atoms with Crippen LogP contribution in [0.4, 0.5) is 0 Å². The van der Waals surface area contributed by atoms with Crippen LogP contribution in [0.5, 0.6) is 0 Å². The highest BCUT2D eigenvalue weighted by Gasteiger charge is 1.79. The van der Waals surface area contributed by atoms with E-state index in [0.29, 0.717) is 6.61 Å². The van der Waals surface area contributed by atoms with Crippen LogP contribution in [-0.4, -0.2) is 13.7 Å². The first-order valence-corrected chi connectivity index (χ1v) is 2.25. The van der Waals surface area contributed by atoms with Crippen LogP contribution in [0.25, 0.3) is 0 Å². The Hall–Kier alpha value is -0.300. The van der Waals surface area contributed by atoms with Crippen molar-refractivity contribution >= 4 is 0 Å². The molecule has 0 spiro atoms. The number of hydrogen-bond donors (Lipinski definition) is 0. The zero-order valence-electron chi connectivity index (χ0n) is 4.90. The van der Waals surface area contributed by atoms with Crippen molar-refractivity contribution in [3.05, 3.63) is 18.6 Å². The van der Waals surface area contributed by atoms with Gasteiger partial charge in [-0.25, -0.2) is 0 Å². The fourth-order valence-corrected chi connectivity index (χ4v) is 0.287. The highest BCUT2D eigenvalue weighted by molar-refractivity contribution is 4.99. The molecule has 0 saturated carbocycles. The van der Waals surface area contributed by atoms with Gasteiger partial charge in [0.2, 0.25) is 0 Å². The minimum atomic E-state index is 0.698. The van der Waals surface area contributed by atoms with Crippen LogP contribution in [0.15, 0.2) is 11.6 Å². The number of ether oxygens (including phenoxy) is 1. The molecule has 0 atom stereocenters. The smallest absolute Gasteiger partial charge is 0.0670 e. The van der Waals surface area contributed by atoms with E-state index in [4.69, 9.17) is 4.74 Å². The first-order valence-electron chi connectivity index (χ1n) is 2.25. The van der Waals surface area contributed by atoms with Gasteiger partial charge in [0.25, 0.3) is 0 Å². The van der Waals surface area contributed by atoms with E-state index in [-0.39, 0.29) is 0 Å². The molecule has 0 bridgehead atoms. The van der Waals surface area contributed by atoms with Crippen LogP contribution in [0.3, 0.4) is 0 Å². The third-order valence-electron chi connectivity index (χ3n) is 0.720. The van der Waals surface area contributed by atoms with Gasteiger partial charge in [0, 0.05) is 7.11 Å². The molecule has 0 fully saturated rings. The van der Waals surface area contributed by atoms with Crippen molar-refractivity contribution in [3.63, 3.8) is 0 Å². The summed E-state index contributed by atoms with van der Waals surface area (Å²) in [7, 11) is 1.67.